The van der Waals surface area contributed by atoms with E-state index >= 15 is 0 Å². The van der Waals surface area contributed by atoms with Crippen LogP contribution in [0.15, 0.2) is 123 Å². The van der Waals surface area contributed by atoms with E-state index < -0.39 is 42.7 Å². The number of aromatic nitrogens is 24. The summed E-state index contributed by atoms with van der Waals surface area (Å²) in [6.45, 7) is 3.91. The molecule has 2 atom stereocenters. The summed E-state index contributed by atoms with van der Waals surface area (Å²) in [5.74, 6) is -0.455. The van der Waals surface area contributed by atoms with Gasteiger partial charge in [-0.2, -0.15) is 60.3 Å². The number of aliphatic carboxylic acids is 4. The van der Waals surface area contributed by atoms with Gasteiger partial charge in [0.15, 0.2) is 67.9 Å². The number of carbonyl (C=O) groups excluding carboxylic acids is 1. The van der Waals surface area contributed by atoms with Gasteiger partial charge in [0.05, 0.1) is 85.0 Å². The number of amides is 1. The second kappa shape index (κ2) is 33.2. The lowest BCUT2D eigenvalue weighted by Crippen LogP contribution is -2.50. The Bertz CT molecular complexity index is 6130. The number of piperidine rings is 3. The summed E-state index contributed by atoms with van der Waals surface area (Å²) in [6, 6.07) is 23.3. The predicted molar refractivity (Wildman–Crippen MR) is 428 cm³/mol. The number of piperazine rings is 1. The molecule has 42 heteroatoms. The van der Waals surface area contributed by atoms with E-state index in [-0.39, 0.29) is 38.2 Å². The highest BCUT2D eigenvalue weighted by Gasteiger charge is 2.32. The minimum Gasteiger partial charge on any atom is -0.480 e. The van der Waals surface area contributed by atoms with Gasteiger partial charge in [0, 0.05) is 87.3 Å². The highest BCUT2D eigenvalue weighted by molar-refractivity contribution is 5.90. The molecule has 0 spiro atoms. The SMILES string of the molecule is O=C(O)Cn1cnc2c(-n3ncc4c3CCCC4)nc(N3CCN(C(=O)CO)CC3)nc21.O=C(O)Cn1cnc2c(-n3ncc4ccccc43)nc(N3CCC(O)CC3)nc21.O=C(O)Cn1cnc2c(-n3ncc4ccccc43)nc(N3CCC[C@@H](O)C3)nc21.O=C(O)Cn1cnc2c(-n3ncc4ccccc43)nc(N3CCC[C@H](O)C3)nc21. The third-order valence-corrected chi connectivity index (χ3v) is 21.4. The number of carboxylic acid groups (broad SMARTS) is 4. The summed E-state index contributed by atoms with van der Waals surface area (Å²) < 4.78 is 12.9. The highest BCUT2D eigenvalue weighted by Crippen LogP contribution is 2.33. The van der Waals surface area contributed by atoms with Crippen molar-refractivity contribution in [2.45, 2.75) is 109 Å². The molecule has 1 amide bonds. The molecule has 0 bridgehead atoms. The number of fused-ring (bicyclic) bond motifs is 8. The fourth-order valence-corrected chi connectivity index (χ4v) is 15.6. The maximum absolute atomic E-state index is 11.8. The number of carbonyl (C=O) groups is 5. The van der Waals surface area contributed by atoms with Crippen molar-refractivity contribution in [3.8, 4) is 23.3 Å². The van der Waals surface area contributed by atoms with E-state index in [1.807, 2.05) is 103 Å². The molecule has 4 saturated heterocycles. The molecule has 16 heterocycles. The van der Waals surface area contributed by atoms with Crippen LogP contribution in [0.1, 0.15) is 62.6 Å². The fraction of sp³-hybridized carbons (Fsp3) is 0.364. The lowest BCUT2D eigenvalue weighted by atomic mass is 9.98. The molecule has 0 radical (unpaired) electrons. The zero-order chi connectivity index (χ0) is 82.1. The van der Waals surface area contributed by atoms with Gasteiger partial charge in [-0.05, 0) is 88.0 Å². The van der Waals surface area contributed by atoms with Crippen LogP contribution in [0.3, 0.4) is 0 Å². The van der Waals surface area contributed by atoms with Crippen LogP contribution in [0.5, 0.6) is 0 Å². The highest BCUT2D eigenvalue weighted by atomic mass is 16.4. The van der Waals surface area contributed by atoms with Crippen molar-refractivity contribution in [1.82, 2.24) is 122 Å². The van der Waals surface area contributed by atoms with Gasteiger partial charge in [0.1, 0.15) is 32.8 Å². The van der Waals surface area contributed by atoms with Crippen molar-refractivity contribution in [2.24, 2.45) is 0 Å². The van der Waals surface area contributed by atoms with Crippen LogP contribution in [-0.4, -0.2) is 283 Å². The van der Waals surface area contributed by atoms with Crippen LogP contribution in [0, 0.1) is 0 Å². The Morgan fingerprint density at radius 1 is 0.361 bits per heavy atom. The molecule has 4 aliphatic heterocycles. The van der Waals surface area contributed by atoms with Gasteiger partial charge in [0.25, 0.3) is 0 Å². The number of benzene rings is 3. The number of β-amino-alcohol motifs (C(OH)–C–C–N with tert-alkyl or cyclic N) is 2. The molecule has 15 aromatic rings. The van der Waals surface area contributed by atoms with Gasteiger partial charge in [-0.3, -0.25) is 24.0 Å². The van der Waals surface area contributed by atoms with Gasteiger partial charge in [-0.15, -0.1) is 0 Å². The molecular formula is C77H81N29O13. The Morgan fingerprint density at radius 2 is 0.706 bits per heavy atom. The number of carboxylic acids is 4. The van der Waals surface area contributed by atoms with Crippen LogP contribution < -0.4 is 19.6 Å². The molecule has 0 saturated carbocycles. The van der Waals surface area contributed by atoms with Gasteiger partial charge < -0.3 is 83.6 Å². The monoisotopic (exact) mass is 1620 g/mol. The van der Waals surface area contributed by atoms with E-state index in [1.165, 1.54) is 49.1 Å². The summed E-state index contributed by atoms with van der Waals surface area (Å²) in [6.07, 6.45) is 20.3. The molecule has 5 aliphatic rings. The number of hydrogen-bond acceptors (Lipinski definition) is 29. The molecule has 0 unspecified atom stereocenters. The normalized spacial score (nSPS) is 16.6. The first-order chi connectivity index (χ1) is 57.8. The number of aliphatic hydroxyl groups excluding tert-OH is 4. The van der Waals surface area contributed by atoms with Crippen molar-refractivity contribution in [2.75, 3.05) is 91.7 Å². The van der Waals surface area contributed by atoms with E-state index in [9.17, 15) is 59.7 Å². The van der Waals surface area contributed by atoms with Gasteiger partial charge >= 0.3 is 23.9 Å². The second-order valence-electron chi connectivity index (χ2n) is 29.5. The van der Waals surface area contributed by atoms with Crippen molar-refractivity contribution >= 4 is 131 Å². The molecule has 20 rings (SSSR count). The molecule has 612 valence electrons. The topological polar surface area (TPSA) is 509 Å². The Labute approximate surface area is 672 Å². The van der Waals surface area contributed by atoms with E-state index in [0.717, 1.165) is 103 Å². The van der Waals surface area contributed by atoms with Crippen molar-refractivity contribution in [3.05, 3.63) is 134 Å². The maximum Gasteiger partial charge on any atom is 0.323 e. The zero-order valence-electron chi connectivity index (χ0n) is 64.0. The Balaban J connectivity index is 0.000000114. The molecule has 119 heavy (non-hydrogen) atoms. The van der Waals surface area contributed by atoms with Crippen LogP contribution >= 0.6 is 0 Å². The second-order valence-corrected chi connectivity index (χ2v) is 29.5. The lowest BCUT2D eigenvalue weighted by Gasteiger charge is -2.34. The number of nitrogens with zero attached hydrogens (tertiary/aromatic N) is 29. The fourth-order valence-electron chi connectivity index (χ4n) is 15.6. The van der Waals surface area contributed by atoms with Crippen LogP contribution in [0.25, 0.3) is 101 Å². The molecule has 1 aliphatic carbocycles. The first kappa shape index (κ1) is 77.4. The van der Waals surface area contributed by atoms with Crippen molar-refractivity contribution in [1.29, 1.82) is 0 Å². The van der Waals surface area contributed by atoms with E-state index in [1.54, 1.807) is 37.5 Å². The van der Waals surface area contributed by atoms with Crippen LogP contribution in [0.2, 0.25) is 0 Å². The Hall–Kier alpha value is -14.1. The largest absolute Gasteiger partial charge is 0.480 e. The smallest absolute Gasteiger partial charge is 0.323 e. The van der Waals surface area contributed by atoms with Crippen LogP contribution in [-0.2, 0) is 63.0 Å². The van der Waals surface area contributed by atoms with Gasteiger partial charge in [-0.25, -0.2) is 38.7 Å². The number of imidazole rings is 4. The average molecular weight is 1620 g/mol. The quantitative estimate of drug-likeness (QED) is 0.0648. The van der Waals surface area contributed by atoms with E-state index in [2.05, 4.69) is 60.3 Å². The Morgan fingerprint density at radius 3 is 1.08 bits per heavy atom. The van der Waals surface area contributed by atoms with E-state index in [0.29, 0.717) is 157 Å². The number of aliphatic hydroxyl groups is 4. The lowest BCUT2D eigenvalue weighted by molar-refractivity contribution is -0.138. The predicted octanol–water partition coefficient (Wildman–Crippen LogP) is 3.25. The number of rotatable bonds is 17. The summed E-state index contributed by atoms with van der Waals surface area (Å²) in [5, 5.41) is 97.0. The number of anilines is 4. The molecule has 42 nitrogen and oxygen atoms in total. The number of aryl methyl sites for hydroxylation is 1. The first-order valence-electron chi connectivity index (χ1n) is 38.9. The third-order valence-electron chi connectivity index (χ3n) is 21.4. The minimum atomic E-state index is -0.987. The number of hydrogen-bond donors (Lipinski definition) is 8. The third kappa shape index (κ3) is 16.0. The van der Waals surface area contributed by atoms with Crippen molar-refractivity contribution < 1.29 is 64.8 Å². The van der Waals surface area contributed by atoms with E-state index in [4.69, 9.17) is 25.0 Å². The van der Waals surface area contributed by atoms with Gasteiger partial charge in [0.2, 0.25) is 29.7 Å². The maximum atomic E-state index is 11.8. The zero-order valence-corrected chi connectivity index (χ0v) is 64.0. The number of para-hydroxylation sites is 3. The summed E-state index contributed by atoms with van der Waals surface area (Å²) in [7, 11) is 0. The summed E-state index contributed by atoms with van der Waals surface area (Å²) in [4.78, 5) is 121. The molecule has 4 fully saturated rings. The van der Waals surface area contributed by atoms with Crippen molar-refractivity contribution in [3.63, 3.8) is 0 Å². The summed E-state index contributed by atoms with van der Waals surface area (Å²) >= 11 is 0. The van der Waals surface area contributed by atoms with Gasteiger partial charge in [-0.1, -0.05) is 54.6 Å². The minimum absolute atomic E-state index is 0.245. The Kier molecular flexibility index (Phi) is 21.6. The first-order valence-corrected chi connectivity index (χ1v) is 38.9. The molecule has 3 aromatic carbocycles. The summed E-state index contributed by atoms with van der Waals surface area (Å²) in [5.41, 5.74) is 8.57. The average Bonchev–Trinajstić information content (AvgIpc) is 1.64. The van der Waals surface area contributed by atoms with Crippen LogP contribution in [0.4, 0.5) is 23.8 Å². The molecule has 8 N–H and O–H groups in total. The standard InChI is InChI=1S/C20H24N8O4.3C19H19N7O3/c29-11-15(30)25-5-7-26(8-6-25)20-23-18-17(21-12-27(18)10-16(31)32)19(24-20)28-14-4-2-1-3-13(14)9-22-28;2*27-13-5-3-7-24(9-13)19-22-17-16(20-11-25(17)10-15(28)29)18(23-19)26-14-6-2-1-4-12(14)8-21-26;27-13-5-7-24(8-6-13)19-22-17-16(20-11-25(17)10-15(28)29)18(23-19)26-14-4-2-1-3-12(14)9-21-26/h9,12,29H,1-8,10-11H2,(H,31,32);2*1-2,4,6,8,11,13,27H,3,5,7,9-10H2,(H,28,29);1-4,9,11,13,27H,5-8,10H2,(H,28,29)/t;2*13-;/m.10./s1. The molecular weight excluding hydrogens is 1540 g/mol. The molecule has 12 aromatic heterocycles.